The average Bonchev–Trinajstić information content (AvgIpc) is 3.33. The maximum absolute atomic E-state index is 12.7. The van der Waals surface area contributed by atoms with Gasteiger partial charge in [-0.3, -0.25) is 14.5 Å². The fourth-order valence-electron chi connectivity index (χ4n) is 3.90. The number of imide groups is 1. The summed E-state index contributed by atoms with van der Waals surface area (Å²) in [6.45, 7) is 0.756. The Morgan fingerprint density at radius 1 is 1.20 bits per heavy atom. The van der Waals surface area contributed by atoms with Gasteiger partial charge in [-0.05, 0) is 42.7 Å². The van der Waals surface area contributed by atoms with Gasteiger partial charge in [-0.1, -0.05) is 23.7 Å². The highest BCUT2D eigenvalue weighted by molar-refractivity contribution is 6.30. The fourth-order valence-corrected chi connectivity index (χ4v) is 4.03. The number of benzene rings is 1. The molecule has 0 unspecified atom stereocenters. The van der Waals surface area contributed by atoms with Crippen LogP contribution in [0.1, 0.15) is 30.6 Å². The Bertz CT molecular complexity index is 936. The number of carbonyl (C=O) groups excluding carboxylic acids is 3. The summed E-state index contributed by atoms with van der Waals surface area (Å²) in [5.74, 6) is -0.186. The lowest BCUT2D eigenvalue weighted by Crippen LogP contribution is -2.47. The van der Waals surface area contributed by atoms with Gasteiger partial charge in [0, 0.05) is 18.1 Å². The van der Waals surface area contributed by atoms with E-state index in [2.05, 4.69) is 5.32 Å². The second-order valence-corrected chi connectivity index (χ2v) is 8.07. The van der Waals surface area contributed by atoms with Crippen LogP contribution in [0.2, 0.25) is 5.02 Å². The highest BCUT2D eigenvalue weighted by Gasteiger charge is 2.41. The molecule has 0 saturated carbocycles. The first-order valence-corrected chi connectivity index (χ1v) is 10.1. The Kier molecular flexibility index (Phi) is 5.53. The highest BCUT2D eigenvalue weighted by Crippen LogP contribution is 2.33. The number of aliphatic hydroxyl groups is 1. The Morgan fingerprint density at radius 3 is 2.53 bits per heavy atom. The van der Waals surface area contributed by atoms with E-state index in [9.17, 15) is 19.5 Å². The number of hydrogen-bond donors (Lipinski definition) is 2. The van der Waals surface area contributed by atoms with Gasteiger partial charge in [-0.15, -0.1) is 0 Å². The smallest absolute Gasteiger partial charge is 0.325 e. The third-order valence-corrected chi connectivity index (χ3v) is 5.96. The summed E-state index contributed by atoms with van der Waals surface area (Å²) in [6.07, 6.45) is 2.13. The Balaban J connectivity index is 1.33. The first kappa shape index (κ1) is 20.4. The minimum atomic E-state index is -1.02. The van der Waals surface area contributed by atoms with Gasteiger partial charge in [0.15, 0.2) is 0 Å². The molecule has 2 fully saturated rings. The normalized spacial score (nSPS) is 21.1. The predicted molar refractivity (Wildman–Crippen MR) is 107 cm³/mol. The second-order valence-electron chi connectivity index (χ2n) is 7.63. The van der Waals surface area contributed by atoms with E-state index in [4.69, 9.17) is 16.0 Å². The molecule has 30 heavy (non-hydrogen) atoms. The van der Waals surface area contributed by atoms with Crippen molar-refractivity contribution in [1.29, 1.82) is 0 Å². The van der Waals surface area contributed by atoms with Crippen LogP contribution in [0, 0.1) is 0 Å². The van der Waals surface area contributed by atoms with Gasteiger partial charge in [0.05, 0.1) is 24.8 Å². The molecule has 1 aromatic carbocycles. The maximum Gasteiger partial charge on any atom is 0.325 e. The van der Waals surface area contributed by atoms with E-state index in [1.54, 1.807) is 41.3 Å². The van der Waals surface area contributed by atoms with Crippen LogP contribution in [-0.4, -0.2) is 51.9 Å². The van der Waals surface area contributed by atoms with Crippen molar-refractivity contribution >= 4 is 29.4 Å². The molecule has 3 heterocycles. The summed E-state index contributed by atoms with van der Waals surface area (Å²) in [5, 5.41) is 14.1. The van der Waals surface area contributed by atoms with Gasteiger partial charge in [0.2, 0.25) is 5.91 Å². The summed E-state index contributed by atoms with van der Waals surface area (Å²) in [7, 11) is 0. The number of furan rings is 1. The van der Waals surface area contributed by atoms with Crippen LogP contribution in [0.25, 0.3) is 0 Å². The zero-order valence-electron chi connectivity index (χ0n) is 16.2. The molecule has 0 aliphatic carbocycles. The van der Waals surface area contributed by atoms with Crippen molar-refractivity contribution in [3.8, 4) is 0 Å². The summed E-state index contributed by atoms with van der Waals surface area (Å²) in [6, 6.07) is 8.97. The molecule has 2 aromatic rings. The monoisotopic (exact) mass is 431 g/mol. The molecule has 1 atom stereocenters. The van der Waals surface area contributed by atoms with E-state index in [0.717, 1.165) is 10.5 Å². The minimum absolute atomic E-state index is 0.0280. The number of carbonyl (C=O) groups is 3. The van der Waals surface area contributed by atoms with Gasteiger partial charge in [-0.2, -0.15) is 0 Å². The lowest BCUT2D eigenvalue weighted by molar-refractivity contribution is -0.139. The van der Waals surface area contributed by atoms with Crippen LogP contribution in [0.4, 0.5) is 4.79 Å². The first-order valence-electron chi connectivity index (χ1n) is 9.76. The Hall–Kier alpha value is -2.84. The number of halogens is 1. The minimum Gasteiger partial charge on any atom is -0.467 e. The van der Waals surface area contributed by atoms with Crippen LogP contribution < -0.4 is 5.32 Å². The molecule has 4 amide bonds. The van der Waals surface area contributed by atoms with Crippen molar-refractivity contribution in [3.05, 3.63) is 59.0 Å². The lowest BCUT2D eigenvalue weighted by Gasteiger charge is -2.38. The zero-order chi connectivity index (χ0) is 21.3. The molecule has 1 aromatic heterocycles. The zero-order valence-corrected chi connectivity index (χ0v) is 17.0. The van der Waals surface area contributed by atoms with Crippen LogP contribution in [-0.2, 0) is 21.7 Å². The van der Waals surface area contributed by atoms with Crippen molar-refractivity contribution in [2.24, 2.45) is 0 Å². The quantitative estimate of drug-likeness (QED) is 0.707. The van der Waals surface area contributed by atoms with Crippen LogP contribution in [0.15, 0.2) is 47.1 Å². The third-order valence-electron chi connectivity index (χ3n) is 5.70. The summed E-state index contributed by atoms with van der Waals surface area (Å²) in [5.41, 5.74) is -0.246. The topological polar surface area (TPSA) is 103 Å². The number of nitrogens with zero attached hydrogens (tertiary/aromatic N) is 2. The molecule has 2 aliphatic heterocycles. The van der Waals surface area contributed by atoms with Crippen LogP contribution >= 0.6 is 11.6 Å². The molecule has 0 bridgehead atoms. The summed E-state index contributed by atoms with van der Waals surface area (Å²) >= 11 is 5.91. The highest BCUT2D eigenvalue weighted by atomic mass is 35.5. The number of hydrogen-bond acceptors (Lipinski definition) is 5. The fraction of sp³-hybridized carbons (Fsp3) is 0.381. The number of likely N-dealkylation sites (tertiary alicyclic amines) is 1. The van der Waals surface area contributed by atoms with Gasteiger partial charge in [0.25, 0.3) is 5.91 Å². The molecule has 0 spiro atoms. The Labute approximate surface area is 178 Å². The number of piperidine rings is 1. The molecule has 2 N–H and O–H groups in total. The van der Waals surface area contributed by atoms with Crippen molar-refractivity contribution < 1.29 is 23.9 Å². The summed E-state index contributed by atoms with van der Waals surface area (Å²) < 4.78 is 5.19. The molecular formula is C21H22ClN3O5. The molecule has 2 saturated heterocycles. The van der Waals surface area contributed by atoms with E-state index in [-0.39, 0.29) is 18.9 Å². The number of rotatable bonds is 5. The maximum atomic E-state index is 12.7. The van der Waals surface area contributed by atoms with Gasteiger partial charge < -0.3 is 19.7 Å². The van der Waals surface area contributed by atoms with Gasteiger partial charge >= 0.3 is 6.03 Å². The van der Waals surface area contributed by atoms with Crippen LogP contribution in [0.5, 0.6) is 0 Å². The lowest BCUT2D eigenvalue weighted by atomic mass is 9.84. The van der Waals surface area contributed by atoms with E-state index < -0.39 is 23.6 Å². The molecule has 2 aliphatic rings. The number of amides is 4. The second kappa shape index (κ2) is 8.12. The van der Waals surface area contributed by atoms with Crippen molar-refractivity contribution in [2.45, 2.75) is 37.5 Å². The van der Waals surface area contributed by atoms with Crippen molar-refractivity contribution in [2.75, 3.05) is 13.1 Å². The SMILES string of the molecule is O=C(C[C@@H]1NC(=O)N(Cc2ccco2)C1=O)N1CCC(O)(c2ccc(Cl)cc2)CC1. The molecule has 158 valence electrons. The molecule has 8 nitrogen and oxygen atoms in total. The van der Waals surface area contributed by atoms with Crippen molar-refractivity contribution in [1.82, 2.24) is 15.1 Å². The Morgan fingerprint density at radius 2 is 1.90 bits per heavy atom. The predicted octanol–water partition coefficient (Wildman–Crippen LogP) is 2.25. The first-order chi connectivity index (χ1) is 14.4. The summed E-state index contributed by atoms with van der Waals surface area (Å²) in [4.78, 5) is 40.1. The standard InChI is InChI=1S/C21H22ClN3O5/c22-15-5-3-14(4-6-15)21(29)7-9-24(10-8-21)18(26)12-17-19(27)25(20(28)23-17)13-16-2-1-11-30-16/h1-6,11,17,29H,7-10,12-13H2,(H,23,28)/t17-/m0/s1. The molecule has 9 heteroatoms. The van der Waals surface area contributed by atoms with Gasteiger partial charge in [0.1, 0.15) is 11.8 Å². The number of urea groups is 1. The van der Waals surface area contributed by atoms with Gasteiger partial charge in [-0.25, -0.2) is 4.79 Å². The van der Waals surface area contributed by atoms with Crippen LogP contribution in [0.3, 0.4) is 0 Å². The molecule has 4 rings (SSSR count). The largest absolute Gasteiger partial charge is 0.467 e. The van der Waals surface area contributed by atoms with E-state index in [1.807, 2.05) is 0 Å². The van der Waals surface area contributed by atoms with E-state index in [0.29, 0.717) is 36.7 Å². The molecular weight excluding hydrogens is 410 g/mol. The van der Waals surface area contributed by atoms with Crippen molar-refractivity contribution in [3.63, 3.8) is 0 Å². The molecule has 0 radical (unpaired) electrons. The van der Waals surface area contributed by atoms with E-state index >= 15 is 0 Å². The third kappa shape index (κ3) is 4.06. The number of nitrogens with one attached hydrogen (secondary N) is 1. The average molecular weight is 432 g/mol. The van der Waals surface area contributed by atoms with E-state index in [1.165, 1.54) is 6.26 Å².